The van der Waals surface area contributed by atoms with E-state index in [1.54, 1.807) is 7.11 Å². The normalized spacial score (nSPS) is 11.2. The molecule has 0 heterocycles. The summed E-state index contributed by atoms with van der Waals surface area (Å²) in [5.74, 6) is -0.155. The van der Waals surface area contributed by atoms with Gasteiger partial charge in [-0.3, -0.25) is 9.59 Å². The quantitative estimate of drug-likeness (QED) is 0.0813. The monoisotopic (exact) mass is 721 g/mol. The minimum absolute atomic E-state index is 0.00104. The zero-order valence-electron chi connectivity index (χ0n) is 29.8. The van der Waals surface area contributed by atoms with E-state index in [0.717, 1.165) is 29.7 Å². The van der Waals surface area contributed by atoms with Crippen LogP contribution in [0.3, 0.4) is 0 Å². The number of carbonyl (C=O) groups is 4. The van der Waals surface area contributed by atoms with Gasteiger partial charge in [0.15, 0.2) is 0 Å². The molecular weight excluding hydrogens is 670 g/mol. The van der Waals surface area contributed by atoms with Crippen molar-refractivity contribution in [3.05, 3.63) is 102 Å². The van der Waals surface area contributed by atoms with E-state index in [1.807, 2.05) is 84.9 Å². The van der Waals surface area contributed by atoms with Crippen LogP contribution in [0.15, 0.2) is 84.9 Å². The molecule has 3 aromatic rings. The number of aryl methyl sites for hydroxylation is 1. The molecule has 0 spiro atoms. The molecule has 3 aromatic carbocycles. The van der Waals surface area contributed by atoms with Gasteiger partial charge < -0.3 is 44.4 Å². The molecule has 0 bridgehead atoms. The van der Waals surface area contributed by atoms with Crippen LogP contribution in [-0.4, -0.2) is 89.8 Å². The van der Waals surface area contributed by atoms with Crippen LogP contribution < -0.4 is 20.7 Å². The van der Waals surface area contributed by atoms with Gasteiger partial charge in [-0.25, -0.2) is 9.59 Å². The number of benzene rings is 3. The second-order valence-corrected chi connectivity index (χ2v) is 11.6. The summed E-state index contributed by atoms with van der Waals surface area (Å²) in [5.41, 5.74) is 2.76. The molecule has 0 saturated carbocycles. The highest BCUT2D eigenvalue weighted by atomic mass is 16.6. The van der Waals surface area contributed by atoms with Gasteiger partial charge in [-0.05, 0) is 48.1 Å². The van der Waals surface area contributed by atoms with Crippen LogP contribution in [0.25, 0.3) is 0 Å². The lowest BCUT2D eigenvalue weighted by Crippen LogP contribution is -2.43. The number of hydrogen-bond donors (Lipinski definition) is 3. The van der Waals surface area contributed by atoms with E-state index in [2.05, 4.69) is 16.0 Å². The van der Waals surface area contributed by atoms with Gasteiger partial charge in [0.25, 0.3) is 0 Å². The van der Waals surface area contributed by atoms with E-state index in [1.165, 1.54) is 5.56 Å². The third kappa shape index (κ3) is 18.9. The number of hydrogen-bond acceptors (Lipinski definition) is 10. The van der Waals surface area contributed by atoms with Crippen molar-refractivity contribution in [3.63, 3.8) is 0 Å². The van der Waals surface area contributed by atoms with Crippen molar-refractivity contribution < 1.29 is 47.6 Å². The summed E-state index contributed by atoms with van der Waals surface area (Å²) >= 11 is 0. The summed E-state index contributed by atoms with van der Waals surface area (Å²) in [7, 11) is 1.63. The van der Waals surface area contributed by atoms with Crippen LogP contribution in [0, 0.1) is 0 Å². The first-order valence-corrected chi connectivity index (χ1v) is 17.5. The average Bonchev–Trinajstić information content (AvgIpc) is 3.17. The Morgan fingerprint density at radius 2 is 1.12 bits per heavy atom. The van der Waals surface area contributed by atoms with Crippen LogP contribution in [0.4, 0.5) is 4.79 Å². The largest absolute Gasteiger partial charge is 0.497 e. The summed E-state index contributed by atoms with van der Waals surface area (Å²) in [4.78, 5) is 49.8. The Hall–Kier alpha value is -4.98. The molecule has 0 fully saturated rings. The second-order valence-electron chi connectivity index (χ2n) is 11.6. The van der Waals surface area contributed by atoms with Gasteiger partial charge in [0, 0.05) is 25.9 Å². The highest BCUT2D eigenvalue weighted by Gasteiger charge is 2.24. The molecule has 13 nitrogen and oxygen atoms in total. The zero-order valence-corrected chi connectivity index (χ0v) is 29.8. The topological polar surface area (TPSA) is 160 Å². The molecule has 282 valence electrons. The molecule has 0 aliphatic heterocycles. The van der Waals surface area contributed by atoms with Crippen molar-refractivity contribution in [2.45, 2.75) is 51.4 Å². The van der Waals surface area contributed by atoms with Crippen LogP contribution in [0.1, 0.15) is 42.4 Å². The summed E-state index contributed by atoms with van der Waals surface area (Å²) in [5, 5.41) is 8.12. The van der Waals surface area contributed by atoms with Crippen molar-refractivity contribution in [3.8, 4) is 5.75 Å². The average molecular weight is 722 g/mol. The first-order chi connectivity index (χ1) is 25.4. The molecule has 0 radical (unpaired) electrons. The van der Waals surface area contributed by atoms with E-state index < -0.39 is 18.1 Å². The first kappa shape index (κ1) is 41.4. The number of methoxy groups -OCH3 is 1. The predicted molar refractivity (Wildman–Crippen MR) is 193 cm³/mol. The number of alkyl carbamates (subject to hydrolysis) is 1. The molecular formula is C39H51N3O10. The number of nitrogens with one attached hydrogen (secondary N) is 3. The van der Waals surface area contributed by atoms with Gasteiger partial charge in [-0.1, -0.05) is 72.8 Å². The molecule has 0 saturated heterocycles. The predicted octanol–water partition coefficient (Wildman–Crippen LogP) is 4.12. The highest BCUT2D eigenvalue weighted by Crippen LogP contribution is 2.13. The zero-order chi connectivity index (χ0) is 37.1. The van der Waals surface area contributed by atoms with Gasteiger partial charge in [0.2, 0.25) is 11.8 Å². The van der Waals surface area contributed by atoms with Crippen LogP contribution >= 0.6 is 0 Å². The minimum Gasteiger partial charge on any atom is -0.497 e. The fourth-order valence-corrected chi connectivity index (χ4v) is 4.75. The summed E-state index contributed by atoms with van der Waals surface area (Å²) in [6.07, 6.45) is 1.26. The molecule has 0 aliphatic carbocycles. The molecule has 0 aliphatic rings. The van der Waals surface area contributed by atoms with E-state index >= 15 is 0 Å². The Bertz CT molecular complexity index is 1440. The smallest absolute Gasteiger partial charge is 0.408 e. The lowest BCUT2D eigenvalue weighted by molar-refractivity contribution is -0.147. The van der Waals surface area contributed by atoms with E-state index in [9.17, 15) is 19.2 Å². The third-order valence-electron chi connectivity index (χ3n) is 7.58. The molecule has 1 atom stereocenters. The minimum atomic E-state index is -1.07. The molecule has 0 unspecified atom stereocenters. The Morgan fingerprint density at radius 3 is 1.67 bits per heavy atom. The fraction of sp³-hybridized carbons (Fsp3) is 0.436. The SMILES string of the molecule is COc1ccc(CCCC(=O)NCCOCCOCCOCCNC(=O)CC[C@H](NC(=O)OCc2ccccc2)C(=O)OCc2ccccc2)cc1. The summed E-state index contributed by atoms with van der Waals surface area (Å²) < 4.78 is 32.3. The Morgan fingerprint density at radius 1 is 0.596 bits per heavy atom. The maximum atomic E-state index is 12.8. The molecule has 3 N–H and O–H groups in total. The van der Waals surface area contributed by atoms with Gasteiger partial charge in [-0.2, -0.15) is 0 Å². The molecule has 3 rings (SSSR count). The Balaban J connectivity index is 1.18. The van der Waals surface area contributed by atoms with Crippen molar-refractivity contribution in [1.82, 2.24) is 16.0 Å². The third-order valence-corrected chi connectivity index (χ3v) is 7.58. The maximum absolute atomic E-state index is 12.8. The van der Waals surface area contributed by atoms with E-state index in [0.29, 0.717) is 46.0 Å². The molecule has 13 heteroatoms. The summed E-state index contributed by atoms with van der Waals surface area (Å²) in [6, 6.07) is 25.1. The van der Waals surface area contributed by atoms with Crippen molar-refractivity contribution in [1.29, 1.82) is 0 Å². The van der Waals surface area contributed by atoms with Crippen LogP contribution in [0.5, 0.6) is 5.75 Å². The van der Waals surface area contributed by atoms with Crippen molar-refractivity contribution in [2.75, 3.05) is 59.8 Å². The van der Waals surface area contributed by atoms with Gasteiger partial charge >= 0.3 is 12.1 Å². The Labute approximate surface area is 305 Å². The van der Waals surface area contributed by atoms with E-state index in [4.69, 9.17) is 28.4 Å². The van der Waals surface area contributed by atoms with Crippen molar-refractivity contribution in [2.24, 2.45) is 0 Å². The van der Waals surface area contributed by atoms with Gasteiger partial charge in [0.05, 0.1) is 46.8 Å². The van der Waals surface area contributed by atoms with Gasteiger partial charge in [0.1, 0.15) is 25.0 Å². The fourth-order valence-electron chi connectivity index (χ4n) is 4.75. The second kappa shape index (κ2) is 25.9. The molecule has 3 amide bonds. The van der Waals surface area contributed by atoms with E-state index in [-0.39, 0.29) is 51.0 Å². The number of esters is 1. The number of rotatable bonds is 26. The maximum Gasteiger partial charge on any atom is 0.408 e. The Kier molecular flexibility index (Phi) is 20.6. The van der Waals surface area contributed by atoms with Crippen LogP contribution in [0.2, 0.25) is 0 Å². The lowest BCUT2D eigenvalue weighted by Gasteiger charge is -2.18. The lowest BCUT2D eigenvalue weighted by atomic mass is 10.1. The number of ether oxygens (including phenoxy) is 6. The highest BCUT2D eigenvalue weighted by molar-refractivity contribution is 5.83. The number of carbonyl (C=O) groups excluding carboxylic acids is 4. The van der Waals surface area contributed by atoms with Crippen molar-refractivity contribution >= 4 is 23.9 Å². The molecule has 52 heavy (non-hydrogen) atoms. The standard InChI is InChI=1S/C39H51N3O10/c1-47-34-17-15-31(16-18-34)13-8-14-36(43)40-21-23-48-25-27-50-28-26-49-24-22-41-37(44)20-19-35(38(45)51-29-32-9-4-2-5-10-32)42-39(46)52-30-33-11-6-3-7-12-33/h2-7,9-12,15-18,35H,8,13-14,19-30H2,1H3,(H,40,43)(H,41,44)(H,42,46)/t35-/m0/s1. The number of amides is 3. The van der Waals surface area contributed by atoms with Gasteiger partial charge in [-0.15, -0.1) is 0 Å². The first-order valence-electron chi connectivity index (χ1n) is 17.5. The molecule has 0 aromatic heterocycles. The van der Waals surface area contributed by atoms with Crippen LogP contribution in [-0.2, 0) is 57.7 Å². The summed E-state index contributed by atoms with van der Waals surface area (Å²) in [6.45, 7) is 2.93.